The Morgan fingerprint density at radius 3 is 2.89 bits per heavy atom. The van der Waals surface area contributed by atoms with Crippen LogP contribution in [0.3, 0.4) is 0 Å². The molecule has 4 rings (SSSR count). The van der Waals surface area contributed by atoms with Gasteiger partial charge in [-0.05, 0) is 36.4 Å². The number of rotatable bonds is 9. The maximum Gasteiger partial charge on any atom is 0.206 e. The summed E-state index contributed by atoms with van der Waals surface area (Å²) in [6.45, 7) is 1.03. The third-order valence-corrected chi connectivity index (χ3v) is 6.69. The van der Waals surface area contributed by atoms with E-state index in [4.69, 9.17) is 20.8 Å². The molecule has 0 aliphatic rings. The van der Waals surface area contributed by atoms with Gasteiger partial charge in [0.1, 0.15) is 23.1 Å². The molecule has 4 aromatic rings. The lowest BCUT2D eigenvalue weighted by Gasteiger charge is -2.03. The van der Waals surface area contributed by atoms with Crippen LogP contribution < -0.4 is 10.1 Å². The number of halogens is 1. The van der Waals surface area contributed by atoms with Gasteiger partial charge >= 0.3 is 0 Å². The Morgan fingerprint density at radius 1 is 1.18 bits per heavy atom. The minimum absolute atomic E-state index is 0.441. The molecular formula is C18H15ClN4O2S3. The molecule has 0 fully saturated rings. The minimum Gasteiger partial charge on any atom is -0.486 e. The van der Waals surface area contributed by atoms with Crippen LogP contribution in [0.5, 0.6) is 5.75 Å². The van der Waals surface area contributed by atoms with E-state index in [-0.39, 0.29) is 0 Å². The van der Waals surface area contributed by atoms with E-state index in [2.05, 4.69) is 20.5 Å². The number of hydrogen-bond acceptors (Lipinski definition) is 9. The van der Waals surface area contributed by atoms with Gasteiger partial charge in [-0.1, -0.05) is 34.7 Å². The van der Waals surface area contributed by atoms with E-state index in [1.807, 2.05) is 29.6 Å². The van der Waals surface area contributed by atoms with Crippen molar-refractivity contribution in [1.29, 1.82) is 0 Å². The van der Waals surface area contributed by atoms with Crippen LogP contribution in [-0.2, 0) is 18.9 Å². The lowest BCUT2D eigenvalue weighted by Crippen LogP contribution is -1.96. The average molecular weight is 451 g/mol. The Labute approximate surface area is 178 Å². The van der Waals surface area contributed by atoms with Crippen LogP contribution in [0, 0.1) is 0 Å². The Hall–Kier alpha value is -2.07. The van der Waals surface area contributed by atoms with Gasteiger partial charge in [-0.25, -0.2) is 4.98 Å². The van der Waals surface area contributed by atoms with Crippen LogP contribution in [0.15, 0.2) is 56.8 Å². The maximum atomic E-state index is 5.87. The summed E-state index contributed by atoms with van der Waals surface area (Å²) in [6, 6.07) is 11.1. The molecule has 1 aromatic carbocycles. The Balaban J connectivity index is 1.23. The highest BCUT2D eigenvalue weighted by molar-refractivity contribution is 8.00. The van der Waals surface area contributed by atoms with Crippen LogP contribution in [0.2, 0.25) is 5.02 Å². The van der Waals surface area contributed by atoms with E-state index in [0.29, 0.717) is 18.2 Å². The minimum atomic E-state index is 0.441. The standard InChI is InChI=1S/C18H15ClN4O2S3/c19-12-3-5-14(6-4-12)25-9-16-21-13(10-26-16)11-27-18-23-22-17(28-18)20-8-15-2-1-7-24-15/h1-7,10H,8-9,11H2,(H,20,22). The van der Waals surface area contributed by atoms with Crippen molar-refractivity contribution >= 4 is 51.2 Å². The molecule has 28 heavy (non-hydrogen) atoms. The first-order valence-corrected chi connectivity index (χ1v) is 11.3. The second-order valence-corrected chi connectivity index (χ2v) is 9.15. The molecule has 0 atom stereocenters. The topological polar surface area (TPSA) is 73.1 Å². The Morgan fingerprint density at radius 2 is 2.07 bits per heavy atom. The molecule has 0 aliphatic heterocycles. The summed E-state index contributed by atoms with van der Waals surface area (Å²) in [7, 11) is 0. The average Bonchev–Trinajstić information content (AvgIpc) is 3.46. The van der Waals surface area contributed by atoms with E-state index in [9.17, 15) is 0 Å². The molecule has 6 nitrogen and oxygen atoms in total. The van der Waals surface area contributed by atoms with Crippen LogP contribution in [0.25, 0.3) is 0 Å². The largest absolute Gasteiger partial charge is 0.486 e. The molecule has 3 heterocycles. The zero-order valence-electron chi connectivity index (χ0n) is 14.5. The van der Waals surface area contributed by atoms with Crippen LogP contribution in [0.1, 0.15) is 16.5 Å². The van der Waals surface area contributed by atoms with Crippen molar-refractivity contribution in [2.45, 2.75) is 23.2 Å². The Kier molecular flexibility index (Phi) is 6.48. The smallest absolute Gasteiger partial charge is 0.206 e. The van der Waals surface area contributed by atoms with Gasteiger partial charge in [-0.3, -0.25) is 0 Å². The van der Waals surface area contributed by atoms with Crippen molar-refractivity contribution in [2.75, 3.05) is 5.32 Å². The van der Waals surface area contributed by atoms with Crippen molar-refractivity contribution in [3.63, 3.8) is 0 Å². The molecule has 0 unspecified atom stereocenters. The summed E-state index contributed by atoms with van der Waals surface area (Å²) >= 11 is 10.6. The summed E-state index contributed by atoms with van der Waals surface area (Å²) < 4.78 is 11.9. The third-order valence-electron chi connectivity index (χ3n) is 3.52. The molecule has 144 valence electrons. The second-order valence-electron chi connectivity index (χ2n) is 5.57. The maximum absolute atomic E-state index is 5.87. The molecule has 0 saturated carbocycles. The van der Waals surface area contributed by atoms with Gasteiger partial charge in [0.15, 0.2) is 4.34 Å². The van der Waals surface area contributed by atoms with E-state index >= 15 is 0 Å². The van der Waals surface area contributed by atoms with Crippen LogP contribution in [-0.4, -0.2) is 15.2 Å². The zero-order chi connectivity index (χ0) is 19.2. The second kappa shape index (κ2) is 9.42. The van der Waals surface area contributed by atoms with Gasteiger partial charge in [0.2, 0.25) is 5.13 Å². The van der Waals surface area contributed by atoms with Crippen molar-refractivity contribution in [3.8, 4) is 5.75 Å². The zero-order valence-corrected chi connectivity index (χ0v) is 17.7. The van der Waals surface area contributed by atoms with Gasteiger partial charge < -0.3 is 14.5 Å². The monoisotopic (exact) mass is 450 g/mol. The van der Waals surface area contributed by atoms with Crippen molar-refractivity contribution in [3.05, 3.63) is 69.5 Å². The molecule has 0 radical (unpaired) electrons. The highest BCUT2D eigenvalue weighted by Gasteiger charge is 2.08. The van der Waals surface area contributed by atoms with Gasteiger partial charge in [0.05, 0.1) is 18.5 Å². The number of thioether (sulfide) groups is 1. The normalized spacial score (nSPS) is 10.9. The summed E-state index contributed by atoms with van der Waals surface area (Å²) in [5.74, 6) is 2.38. The molecule has 0 saturated heterocycles. The first-order valence-electron chi connectivity index (χ1n) is 8.29. The van der Waals surface area contributed by atoms with Gasteiger partial charge in [0, 0.05) is 16.2 Å². The number of hydrogen-bond donors (Lipinski definition) is 1. The number of furan rings is 1. The van der Waals surface area contributed by atoms with Crippen LogP contribution in [0.4, 0.5) is 5.13 Å². The van der Waals surface area contributed by atoms with Crippen LogP contribution >= 0.6 is 46.0 Å². The Bertz CT molecular complexity index is 1000. The van der Waals surface area contributed by atoms with E-state index in [1.54, 1.807) is 41.5 Å². The molecule has 1 N–H and O–H groups in total. The summed E-state index contributed by atoms with van der Waals surface area (Å²) in [5.41, 5.74) is 1.00. The first kappa shape index (κ1) is 19.3. The first-order chi connectivity index (χ1) is 13.7. The van der Waals surface area contributed by atoms with E-state index in [1.165, 1.54) is 11.3 Å². The highest BCUT2D eigenvalue weighted by atomic mass is 35.5. The SMILES string of the molecule is Clc1ccc(OCc2nc(CSc3nnc(NCc4ccco4)s3)cs2)cc1. The number of nitrogens with one attached hydrogen (secondary N) is 1. The lowest BCUT2D eigenvalue weighted by atomic mass is 10.3. The fourth-order valence-electron chi connectivity index (χ4n) is 2.21. The molecule has 10 heteroatoms. The molecule has 0 bridgehead atoms. The van der Waals surface area contributed by atoms with Gasteiger partial charge in [0.25, 0.3) is 0 Å². The predicted molar refractivity (Wildman–Crippen MR) is 113 cm³/mol. The number of ether oxygens (including phenoxy) is 1. The van der Waals surface area contributed by atoms with Crippen molar-refractivity contribution in [2.24, 2.45) is 0 Å². The fraction of sp³-hybridized carbons (Fsp3) is 0.167. The number of anilines is 1. The van der Waals surface area contributed by atoms with E-state index < -0.39 is 0 Å². The van der Waals surface area contributed by atoms with Gasteiger partial charge in [-0.15, -0.1) is 21.5 Å². The molecule has 0 aliphatic carbocycles. The molecule has 0 amide bonds. The fourth-order valence-corrected chi connectivity index (χ4v) is 4.79. The molecule has 0 spiro atoms. The number of nitrogens with zero attached hydrogens (tertiary/aromatic N) is 3. The molecular weight excluding hydrogens is 436 g/mol. The lowest BCUT2D eigenvalue weighted by molar-refractivity contribution is 0.305. The highest BCUT2D eigenvalue weighted by Crippen LogP contribution is 2.29. The summed E-state index contributed by atoms with van der Waals surface area (Å²) in [6.07, 6.45) is 1.65. The van der Waals surface area contributed by atoms with E-state index in [0.717, 1.165) is 37.4 Å². The number of benzene rings is 1. The predicted octanol–water partition coefficient (Wildman–Crippen LogP) is 5.72. The van der Waals surface area contributed by atoms with Gasteiger partial charge in [-0.2, -0.15) is 0 Å². The number of aromatic nitrogens is 3. The molecule has 3 aromatic heterocycles. The summed E-state index contributed by atoms with van der Waals surface area (Å²) in [4.78, 5) is 4.61. The van der Waals surface area contributed by atoms with Crippen molar-refractivity contribution in [1.82, 2.24) is 15.2 Å². The quantitative estimate of drug-likeness (QED) is 0.326. The van der Waals surface area contributed by atoms with Crippen molar-refractivity contribution < 1.29 is 9.15 Å². The number of thiazole rings is 1. The third kappa shape index (κ3) is 5.48. The summed E-state index contributed by atoms with van der Waals surface area (Å²) in [5, 5.41) is 16.0.